The number of carbonyl (C=O) groups excluding carboxylic acids is 2. The average Bonchev–Trinajstić information content (AvgIpc) is 3.52. The van der Waals surface area contributed by atoms with Crippen LogP contribution in [0, 0.1) is 5.41 Å². The highest BCUT2D eigenvalue weighted by Gasteiger charge is 2.66. The van der Waals surface area contributed by atoms with Gasteiger partial charge in [-0.25, -0.2) is 8.42 Å². The predicted molar refractivity (Wildman–Crippen MR) is 116 cm³/mol. The molecule has 0 N–H and O–H groups in total. The number of hydrogen-bond donors (Lipinski definition) is 0. The number of rotatable bonds is 5. The smallest absolute Gasteiger partial charge is 0.242 e. The largest absolute Gasteiger partial charge is 0.492 e. The van der Waals surface area contributed by atoms with Crippen molar-refractivity contribution in [2.75, 3.05) is 42.6 Å². The van der Waals surface area contributed by atoms with Gasteiger partial charge in [-0.3, -0.25) is 9.59 Å². The summed E-state index contributed by atoms with van der Waals surface area (Å²) in [7, 11) is -3.08. The van der Waals surface area contributed by atoms with Gasteiger partial charge in [0.2, 0.25) is 11.8 Å². The quantitative estimate of drug-likeness (QED) is 0.709. The fourth-order valence-electron chi connectivity index (χ4n) is 4.66. The van der Waals surface area contributed by atoms with E-state index in [0.29, 0.717) is 12.2 Å². The van der Waals surface area contributed by atoms with Gasteiger partial charge < -0.3 is 14.5 Å². The minimum absolute atomic E-state index is 0.0276. The van der Waals surface area contributed by atoms with Crippen molar-refractivity contribution in [1.29, 1.82) is 0 Å². The topological polar surface area (TPSA) is 84.0 Å². The molecule has 7 nitrogen and oxygen atoms in total. The molecular weight excluding hydrogens is 416 g/mol. The Morgan fingerprint density at radius 2 is 1.71 bits per heavy atom. The zero-order chi connectivity index (χ0) is 21.6. The first-order chi connectivity index (χ1) is 14.9. The zero-order valence-corrected chi connectivity index (χ0v) is 17.9. The Labute approximate surface area is 181 Å². The van der Waals surface area contributed by atoms with Crippen LogP contribution in [0.4, 0.5) is 5.69 Å². The van der Waals surface area contributed by atoms with Gasteiger partial charge in [0.05, 0.1) is 16.9 Å². The Bertz CT molecular complexity index is 1120. The summed E-state index contributed by atoms with van der Waals surface area (Å²) < 4.78 is 29.3. The van der Waals surface area contributed by atoms with Crippen LogP contribution in [0.1, 0.15) is 17.9 Å². The molecule has 0 unspecified atom stereocenters. The molecule has 31 heavy (non-hydrogen) atoms. The first kappa shape index (κ1) is 20.1. The molecule has 0 spiro atoms. The third-order valence-electron chi connectivity index (χ3n) is 6.58. The fraction of sp³-hybridized carbons (Fsp3) is 0.391. The van der Waals surface area contributed by atoms with E-state index in [1.807, 2.05) is 54.6 Å². The van der Waals surface area contributed by atoms with E-state index in [4.69, 9.17) is 4.74 Å². The lowest BCUT2D eigenvalue weighted by molar-refractivity contribution is -0.132. The minimum Gasteiger partial charge on any atom is -0.492 e. The van der Waals surface area contributed by atoms with E-state index in [2.05, 4.69) is 0 Å². The normalized spacial score (nSPS) is 26.1. The molecule has 2 amide bonds. The van der Waals surface area contributed by atoms with Crippen LogP contribution >= 0.6 is 0 Å². The molecule has 2 heterocycles. The first-order valence-corrected chi connectivity index (χ1v) is 12.3. The monoisotopic (exact) mass is 440 g/mol. The summed E-state index contributed by atoms with van der Waals surface area (Å²) in [5.74, 6) is 0.430. The molecular formula is C23H24N2O5S. The lowest BCUT2D eigenvalue weighted by atomic mass is 9.92. The summed E-state index contributed by atoms with van der Waals surface area (Å²) >= 11 is 0. The standard InChI is InChI=1S/C23H24N2O5S/c26-21(24-10-12-31(28,29)13-11-24)15-25-20-9-5-4-8-18(20)19-14-23(19,22(25)27)16-30-17-6-2-1-3-7-17/h1-9,19H,10-16H2/t19-,23+/m0/s1. The summed E-state index contributed by atoms with van der Waals surface area (Å²) in [6.45, 7) is 0.530. The zero-order valence-electron chi connectivity index (χ0n) is 17.1. The first-order valence-electron chi connectivity index (χ1n) is 10.5. The number of benzene rings is 2. The number of fused-ring (bicyclic) bond motifs is 3. The van der Waals surface area contributed by atoms with Gasteiger partial charge in [-0.1, -0.05) is 36.4 Å². The van der Waals surface area contributed by atoms with Crippen LogP contribution in [-0.4, -0.2) is 62.9 Å². The summed E-state index contributed by atoms with van der Waals surface area (Å²) in [6.07, 6.45) is 0.697. The van der Waals surface area contributed by atoms with Crippen LogP contribution in [0.25, 0.3) is 0 Å². The third kappa shape index (κ3) is 3.59. The van der Waals surface area contributed by atoms with E-state index in [9.17, 15) is 18.0 Å². The van der Waals surface area contributed by atoms with E-state index < -0.39 is 15.3 Å². The van der Waals surface area contributed by atoms with Gasteiger partial charge in [0.15, 0.2) is 9.84 Å². The molecule has 0 bridgehead atoms. The number of para-hydroxylation sites is 2. The van der Waals surface area contributed by atoms with Crippen LogP contribution in [0.3, 0.4) is 0 Å². The number of nitrogens with zero attached hydrogens (tertiary/aromatic N) is 2. The number of ether oxygens (including phenoxy) is 1. The molecule has 2 atom stereocenters. The molecule has 3 aliphatic rings. The van der Waals surface area contributed by atoms with Crippen molar-refractivity contribution in [3.05, 3.63) is 60.2 Å². The maximum Gasteiger partial charge on any atom is 0.242 e. The van der Waals surface area contributed by atoms with Crippen molar-refractivity contribution in [3.63, 3.8) is 0 Å². The maximum absolute atomic E-state index is 13.6. The second-order valence-electron chi connectivity index (χ2n) is 8.50. The average molecular weight is 441 g/mol. The van der Waals surface area contributed by atoms with Crippen LogP contribution in [-0.2, 0) is 19.4 Å². The number of amides is 2. The highest BCUT2D eigenvalue weighted by molar-refractivity contribution is 7.91. The van der Waals surface area contributed by atoms with Gasteiger partial charge in [0.1, 0.15) is 18.9 Å². The van der Waals surface area contributed by atoms with Crippen molar-refractivity contribution < 1.29 is 22.7 Å². The van der Waals surface area contributed by atoms with E-state index >= 15 is 0 Å². The van der Waals surface area contributed by atoms with Crippen molar-refractivity contribution in [2.24, 2.45) is 5.41 Å². The van der Waals surface area contributed by atoms with Crippen molar-refractivity contribution >= 4 is 27.3 Å². The Morgan fingerprint density at radius 3 is 2.45 bits per heavy atom. The number of carbonyl (C=O) groups is 2. The highest BCUT2D eigenvalue weighted by atomic mass is 32.2. The van der Waals surface area contributed by atoms with Crippen LogP contribution in [0.2, 0.25) is 0 Å². The van der Waals surface area contributed by atoms with Crippen LogP contribution in [0.15, 0.2) is 54.6 Å². The van der Waals surface area contributed by atoms with E-state index in [1.165, 1.54) is 0 Å². The Morgan fingerprint density at radius 1 is 1.03 bits per heavy atom. The molecule has 2 aromatic rings. The maximum atomic E-state index is 13.6. The van der Waals surface area contributed by atoms with Gasteiger partial charge in [-0.2, -0.15) is 0 Å². The molecule has 162 valence electrons. The second kappa shape index (κ2) is 7.37. The molecule has 1 saturated heterocycles. The van der Waals surface area contributed by atoms with Crippen molar-refractivity contribution in [2.45, 2.75) is 12.3 Å². The Balaban J connectivity index is 1.37. The van der Waals surface area contributed by atoms with Gasteiger partial charge in [0, 0.05) is 24.7 Å². The molecule has 2 aliphatic heterocycles. The predicted octanol–water partition coefficient (Wildman–Crippen LogP) is 1.84. The summed E-state index contributed by atoms with van der Waals surface area (Å²) in [5.41, 5.74) is 1.17. The van der Waals surface area contributed by atoms with E-state index in [1.54, 1.807) is 9.80 Å². The minimum atomic E-state index is -3.08. The second-order valence-corrected chi connectivity index (χ2v) is 10.8. The Hall–Kier alpha value is -2.87. The fourth-order valence-corrected chi connectivity index (χ4v) is 5.86. The molecule has 1 aliphatic carbocycles. The van der Waals surface area contributed by atoms with Gasteiger partial charge in [-0.05, 0) is 30.2 Å². The lowest BCUT2D eigenvalue weighted by Crippen LogP contribution is -2.51. The SMILES string of the molecule is O=C(CN1C(=O)[C@@]2(COc3ccccc3)C[C@H]2c2ccccc21)N1CCS(=O)(=O)CC1. The summed E-state index contributed by atoms with van der Waals surface area (Å²) in [6, 6.07) is 17.1. The van der Waals surface area contributed by atoms with Crippen molar-refractivity contribution in [1.82, 2.24) is 4.90 Å². The molecule has 2 aromatic carbocycles. The van der Waals surface area contributed by atoms with Gasteiger partial charge in [0.25, 0.3) is 0 Å². The molecule has 0 radical (unpaired) electrons. The number of sulfone groups is 1. The Kier molecular flexibility index (Phi) is 4.77. The van der Waals surface area contributed by atoms with E-state index in [-0.39, 0.29) is 55.5 Å². The molecule has 5 rings (SSSR count). The van der Waals surface area contributed by atoms with Crippen molar-refractivity contribution in [3.8, 4) is 5.75 Å². The van der Waals surface area contributed by atoms with Gasteiger partial charge in [-0.15, -0.1) is 0 Å². The lowest BCUT2D eigenvalue weighted by Gasteiger charge is -2.35. The molecule has 1 saturated carbocycles. The van der Waals surface area contributed by atoms with Crippen LogP contribution < -0.4 is 9.64 Å². The number of hydrogen-bond acceptors (Lipinski definition) is 5. The highest BCUT2D eigenvalue weighted by Crippen LogP contribution is 2.65. The molecule has 0 aromatic heterocycles. The summed E-state index contributed by atoms with van der Waals surface area (Å²) in [5, 5.41) is 0. The van der Waals surface area contributed by atoms with Gasteiger partial charge >= 0.3 is 0 Å². The van der Waals surface area contributed by atoms with Crippen LogP contribution in [0.5, 0.6) is 5.75 Å². The molecule has 2 fully saturated rings. The third-order valence-corrected chi connectivity index (χ3v) is 8.19. The van der Waals surface area contributed by atoms with E-state index in [0.717, 1.165) is 11.3 Å². The number of anilines is 1. The summed E-state index contributed by atoms with van der Waals surface area (Å²) in [4.78, 5) is 29.6. The molecule has 8 heteroatoms.